The third-order valence-electron chi connectivity index (χ3n) is 4.26. The van der Waals surface area contributed by atoms with Crippen LogP contribution in [-0.4, -0.2) is 20.8 Å². The summed E-state index contributed by atoms with van der Waals surface area (Å²) in [7, 11) is 3.33. The molecule has 2 N–H and O–H groups in total. The van der Waals surface area contributed by atoms with Crippen LogP contribution in [0.4, 0.5) is 0 Å². The van der Waals surface area contributed by atoms with Gasteiger partial charge in [-0.25, -0.2) is 0 Å². The minimum Gasteiger partial charge on any atom is -0.493 e. The Morgan fingerprint density at radius 2 is 1.84 bits per heavy atom. The normalized spacial score (nSPS) is 18.1. The van der Waals surface area contributed by atoms with Crippen molar-refractivity contribution in [2.24, 2.45) is 5.73 Å². The Kier molecular flexibility index (Phi) is 4.74. The van der Waals surface area contributed by atoms with Crippen LogP contribution in [0.15, 0.2) is 16.6 Å². The minimum atomic E-state index is 0.0800. The smallest absolute Gasteiger partial charge is 0.175 e. The molecule has 0 aromatic heterocycles. The van der Waals surface area contributed by atoms with E-state index in [1.165, 1.54) is 24.8 Å². The molecule has 19 heavy (non-hydrogen) atoms. The van der Waals surface area contributed by atoms with Gasteiger partial charge in [0.2, 0.25) is 0 Å². The molecular formula is C15H22BrNO2. The molecular weight excluding hydrogens is 306 g/mol. The van der Waals surface area contributed by atoms with Crippen molar-refractivity contribution >= 4 is 15.9 Å². The average molecular weight is 328 g/mol. The van der Waals surface area contributed by atoms with Crippen molar-refractivity contribution in [1.82, 2.24) is 0 Å². The summed E-state index contributed by atoms with van der Waals surface area (Å²) in [5, 5.41) is 0. The molecule has 4 heteroatoms. The van der Waals surface area contributed by atoms with Crippen LogP contribution >= 0.6 is 15.9 Å². The lowest BCUT2D eigenvalue weighted by Gasteiger charge is -2.38. The number of halogens is 1. The summed E-state index contributed by atoms with van der Waals surface area (Å²) in [6, 6.07) is 4.11. The molecule has 0 radical (unpaired) electrons. The van der Waals surface area contributed by atoms with E-state index in [0.717, 1.165) is 28.8 Å². The van der Waals surface area contributed by atoms with Crippen LogP contribution in [0.25, 0.3) is 0 Å². The summed E-state index contributed by atoms with van der Waals surface area (Å²) in [6.45, 7) is 0.682. The van der Waals surface area contributed by atoms with E-state index in [9.17, 15) is 0 Å². The number of nitrogens with two attached hydrogens (primary N) is 1. The molecule has 0 atom stereocenters. The largest absolute Gasteiger partial charge is 0.493 e. The first kappa shape index (κ1) is 14.7. The van der Waals surface area contributed by atoms with E-state index in [4.69, 9.17) is 15.2 Å². The number of hydrogen-bond acceptors (Lipinski definition) is 3. The van der Waals surface area contributed by atoms with E-state index >= 15 is 0 Å². The molecule has 1 aliphatic rings. The summed E-state index contributed by atoms with van der Waals surface area (Å²) in [5.41, 5.74) is 7.45. The Morgan fingerprint density at radius 1 is 1.16 bits per heavy atom. The van der Waals surface area contributed by atoms with E-state index < -0.39 is 0 Å². The first-order valence-corrected chi connectivity index (χ1v) is 7.59. The van der Waals surface area contributed by atoms with Crippen LogP contribution in [0.5, 0.6) is 11.5 Å². The number of benzene rings is 1. The average Bonchev–Trinajstić information content (AvgIpc) is 2.47. The van der Waals surface area contributed by atoms with Gasteiger partial charge in [0.15, 0.2) is 11.5 Å². The van der Waals surface area contributed by atoms with Crippen LogP contribution in [0.2, 0.25) is 0 Å². The topological polar surface area (TPSA) is 44.5 Å². The minimum absolute atomic E-state index is 0.0800. The Labute approximate surface area is 123 Å². The molecule has 1 aromatic rings. The fourth-order valence-corrected chi connectivity index (χ4v) is 4.02. The van der Waals surface area contributed by atoms with Gasteiger partial charge in [0.05, 0.1) is 18.7 Å². The molecule has 0 spiro atoms. The predicted molar refractivity (Wildman–Crippen MR) is 81.1 cm³/mol. The van der Waals surface area contributed by atoms with Gasteiger partial charge >= 0.3 is 0 Å². The quantitative estimate of drug-likeness (QED) is 0.918. The third kappa shape index (κ3) is 2.61. The molecule has 1 fully saturated rings. The number of rotatable bonds is 4. The fraction of sp³-hybridized carbons (Fsp3) is 0.600. The molecule has 0 saturated heterocycles. The van der Waals surface area contributed by atoms with Crippen LogP contribution < -0.4 is 15.2 Å². The fourth-order valence-electron chi connectivity index (χ4n) is 3.11. The zero-order chi connectivity index (χ0) is 13.9. The maximum absolute atomic E-state index is 6.11. The Morgan fingerprint density at radius 3 is 2.37 bits per heavy atom. The van der Waals surface area contributed by atoms with Crippen molar-refractivity contribution in [2.75, 3.05) is 20.8 Å². The van der Waals surface area contributed by atoms with Crippen LogP contribution in [0.3, 0.4) is 0 Å². The van der Waals surface area contributed by atoms with E-state index in [2.05, 4.69) is 22.0 Å². The molecule has 0 amide bonds. The van der Waals surface area contributed by atoms with E-state index in [1.54, 1.807) is 14.2 Å². The maximum Gasteiger partial charge on any atom is 0.175 e. The zero-order valence-electron chi connectivity index (χ0n) is 11.7. The summed E-state index contributed by atoms with van der Waals surface area (Å²) < 4.78 is 11.8. The molecule has 1 aromatic carbocycles. The predicted octanol–water partition coefficient (Wildman–Crippen LogP) is 3.63. The molecule has 2 rings (SSSR count). The highest BCUT2D eigenvalue weighted by molar-refractivity contribution is 9.10. The van der Waals surface area contributed by atoms with Gasteiger partial charge in [0.25, 0.3) is 0 Å². The highest BCUT2D eigenvalue weighted by Gasteiger charge is 2.35. The first-order chi connectivity index (χ1) is 9.18. The SMILES string of the molecule is COc1ccc(C2(CN)CCCCC2)c(Br)c1OC. The molecule has 1 aliphatic carbocycles. The van der Waals surface area contributed by atoms with Gasteiger partial charge in [0.1, 0.15) is 0 Å². The molecule has 0 heterocycles. The van der Waals surface area contributed by atoms with Crippen LogP contribution in [0, 0.1) is 0 Å². The zero-order valence-corrected chi connectivity index (χ0v) is 13.3. The van der Waals surface area contributed by atoms with Gasteiger partial charge in [-0.1, -0.05) is 25.3 Å². The molecule has 1 saturated carbocycles. The highest BCUT2D eigenvalue weighted by atomic mass is 79.9. The molecule has 0 unspecified atom stereocenters. The molecule has 3 nitrogen and oxygen atoms in total. The lowest BCUT2D eigenvalue weighted by atomic mass is 9.69. The van der Waals surface area contributed by atoms with Crippen molar-refractivity contribution in [3.05, 3.63) is 22.2 Å². The maximum atomic E-state index is 6.11. The van der Waals surface area contributed by atoms with Gasteiger partial charge in [0, 0.05) is 12.0 Å². The summed E-state index contributed by atoms with van der Waals surface area (Å²) >= 11 is 3.68. The Hall–Kier alpha value is -0.740. The van der Waals surface area contributed by atoms with E-state index in [-0.39, 0.29) is 5.41 Å². The molecule has 106 valence electrons. The van der Waals surface area contributed by atoms with Gasteiger partial charge in [-0.3, -0.25) is 0 Å². The van der Waals surface area contributed by atoms with Crippen molar-refractivity contribution in [3.63, 3.8) is 0 Å². The number of methoxy groups -OCH3 is 2. The second kappa shape index (κ2) is 6.14. The number of ether oxygens (including phenoxy) is 2. The summed E-state index contributed by atoms with van der Waals surface area (Å²) in [6.07, 6.45) is 6.11. The number of hydrogen-bond donors (Lipinski definition) is 1. The van der Waals surface area contributed by atoms with E-state index in [1.807, 2.05) is 6.07 Å². The van der Waals surface area contributed by atoms with Gasteiger partial charge in [-0.05, 0) is 40.4 Å². The first-order valence-electron chi connectivity index (χ1n) is 6.79. The lowest BCUT2D eigenvalue weighted by molar-refractivity contribution is 0.296. The van der Waals surface area contributed by atoms with Crippen LogP contribution in [-0.2, 0) is 5.41 Å². The van der Waals surface area contributed by atoms with Crippen molar-refractivity contribution in [1.29, 1.82) is 0 Å². The van der Waals surface area contributed by atoms with Crippen molar-refractivity contribution in [3.8, 4) is 11.5 Å². The lowest BCUT2D eigenvalue weighted by Crippen LogP contribution is -2.37. The van der Waals surface area contributed by atoms with Gasteiger partial charge in [-0.2, -0.15) is 0 Å². The second-order valence-corrected chi connectivity index (χ2v) is 6.00. The summed E-state index contributed by atoms with van der Waals surface area (Å²) in [4.78, 5) is 0. The third-order valence-corrected chi connectivity index (χ3v) is 5.05. The Balaban J connectivity index is 2.49. The van der Waals surface area contributed by atoms with Gasteiger partial charge < -0.3 is 15.2 Å². The van der Waals surface area contributed by atoms with Crippen molar-refractivity contribution in [2.45, 2.75) is 37.5 Å². The van der Waals surface area contributed by atoms with Gasteiger partial charge in [-0.15, -0.1) is 0 Å². The van der Waals surface area contributed by atoms with Crippen molar-refractivity contribution < 1.29 is 9.47 Å². The monoisotopic (exact) mass is 327 g/mol. The summed E-state index contributed by atoms with van der Waals surface area (Å²) in [5.74, 6) is 1.51. The standard InChI is InChI=1S/C15H22BrNO2/c1-18-12-7-6-11(13(16)14(12)19-2)15(10-17)8-4-3-5-9-15/h6-7H,3-5,8-10,17H2,1-2H3. The highest BCUT2D eigenvalue weighted by Crippen LogP contribution is 2.47. The van der Waals surface area contributed by atoms with E-state index in [0.29, 0.717) is 6.54 Å². The van der Waals surface area contributed by atoms with Crippen LogP contribution in [0.1, 0.15) is 37.7 Å². The molecule has 0 aliphatic heterocycles. The molecule has 0 bridgehead atoms. The Bertz CT molecular complexity index is 442. The second-order valence-electron chi connectivity index (χ2n) is 5.21.